The Morgan fingerprint density at radius 1 is 1.07 bits per heavy atom. The second-order valence-electron chi connectivity index (χ2n) is 7.37. The highest BCUT2D eigenvalue weighted by atomic mass is 32.2. The number of likely N-dealkylation sites (tertiary alicyclic amines) is 1. The lowest BCUT2D eigenvalue weighted by Crippen LogP contribution is -2.25. The van der Waals surface area contributed by atoms with Crippen molar-refractivity contribution in [3.8, 4) is 11.1 Å². The minimum Gasteiger partial charge on any atom is -0.297 e. The van der Waals surface area contributed by atoms with Gasteiger partial charge in [-0.3, -0.25) is 9.88 Å². The summed E-state index contributed by atoms with van der Waals surface area (Å²) >= 11 is 0. The number of hydrogen-bond acceptors (Lipinski definition) is 5. The number of rotatable bonds is 3. The van der Waals surface area contributed by atoms with Gasteiger partial charge in [-0.05, 0) is 47.0 Å². The summed E-state index contributed by atoms with van der Waals surface area (Å²) in [6.45, 7) is 1.90. The normalized spacial score (nSPS) is 22.8. The van der Waals surface area contributed by atoms with Crippen LogP contribution in [0.15, 0.2) is 66.0 Å². The molecule has 5 rings (SSSR count). The third kappa shape index (κ3) is 2.82. The van der Waals surface area contributed by atoms with Crippen molar-refractivity contribution in [1.29, 1.82) is 0 Å². The third-order valence-electron chi connectivity index (χ3n) is 5.65. The number of halogens is 1. The van der Waals surface area contributed by atoms with Crippen molar-refractivity contribution in [2.45, 2.75) is 22.6 Å². The van der Waals surface area contributed by atoms with Gasteiger partial charge >= 0.3 is 0 Å². The first kappa shape index (κ1) is 17.5. The fourth-order valence-electron chi connectivity index (χ4n) is 4.33. The lowest BCUT2D eigenvalue weighted by Gasteiger charge is -2.17. The number of aromatic nitrogens is 2. The van der Waals surface area contributed by atoms with Crippen LogP contribution in [0.3, 0.4) is 0 Å². The van der Waals surface area contributed by atoms with Crippen molar-refractivity contribution in [2.24, 2.45) is 0 Å². The van der Waals surface area contributed by atoms with E-state index < -0.39 is 21.0 Å². The van der Waals surface area contributed by atoms with Crippen LogP contribution in [0.25, 0.3) is 11.1 Å². The summed E-state index contributed by atoms with van der Waals surface area (Å²) in [4.78, 5) is 10.5. The van der Waals surface area contributed by atoms with Crippen LogP contribution in [0, 0.1) is 5.95 Å². The van der Waals surface area contributed by atoms with Crippen LogP contribution in [0.1, 0.15) is 17.0 Å². The van der Waals surface area contributed by atoms with E-state index in [0.717, 1.165) is 22.3 Å². The summed E-state index contributed by atoms with van der Waals surface area (Å²) in [5.74, 6) is -0.584. The Kier molecular flexibility index (Phi) is 4.03. The largest absolute Gasteiger partial charge is 0.297 e. The van der Waals surface area contributed by atoms with Crippen molar-refractivity contribution in [1.82, 2.24) is 14.9 Å². The molecular formula is C21H18FN3O2S. The minimum atomic E-state index is -3.35. The standard InChI is InChI=1S/C21H18FN3O2S/c22-21-6-4-16(10-24-21)15-3-5-19-17(8-15)18-12-25(13-20(18)28(19,26)27)11-14-2-1-7-23-9-14/h1-10,18,20H,11-13H2/t18-,20-/m1/s1. The number of benzene rings is 1. The predicted octanol–water partition coefficient (Wildman–Crippen LogP) is 3.04. The van der Waals surface area contributed by atoms with E-state index in [0.29, 0.717) is 24.5 Å². The van der Waals surface area contributed by atoms with Crippen LogP contribution < -0.4 is 0 Å². The van der Waals surface area contributed by atoms with Crippen LogP contribution in [0.5, 0.6) is 0 Å². The molecule has 0 N–H and O–H groups in total. The number of hydrogen-bond donors (Lipinski definition) is 0. The molecule has 5 nitrogen and oxygen atoms in total. The van der Waals surface area contributed by atoms with Gasteiger partial charge in [0.25, 0.3) is 0 Å². The number of sulfone groups is 1. The summed E-state index contributed by atoms with van der Waals surface area (Å²) in [6, 6.07) is 12.3. The van der Waals surface area contributed by atoms with Crippen molar-refractivity contribution >= 4 is 9.84 Å². The Hall–Kier alpha value is -2.64. The number of pyridine rings is 2. The maximum atomic E-state index is 13.1. The van der Waals surface area contributed by atoms with Crippen LogP contribution in [0.4, 0.5) is 4.39 Å². The van der Waals surface area contributed by atoms with E-state index in [9.17, 15) is 12.8 Å². The van der Waals surface area contributed by atoms with Gasteiger partial charge in [0.2, 0.25) is 5.95 Å². The van der Waals surface area contributed by atoms with E-state index >= 15 is 0 Å². The Labute approximate surface area is 162 Å². The van der Waals surface area contributed by atoms with Crippen molar-refractivity contribution in [3.05, 3.63) is 78.1 Å². The summed E-state index contributed by atoms with van der Waals surface area (Å²) < 4.78 is 39.2. The highest BCUT2D eigenvalue weighted by Crippen LogP contribution is 2.46. The Balaban J connectivity index is 1.48. The predicted molar refractivity (Wildman–Crippen MR) is 103 cm³/mol. The Morgan fingerprint density at radius 2 is 1.93 bits per heavy atom. The average Bonchev–Trinajstić information content (AvgIpc) is 3.21. The zero-order valence-corrected chi connectivity index (χ0v) is 15.8. The second-order valence-corrected chi connectivity index (χ2v) is 9.50. The molecule has 1 fully saturated rings. The SMILES string of the molecule is O=S1(=O)c2ccc(-c3ccc(F)nc3)cc2[C@H]2CN(Cc3cccnc3)C[C@H]21. The van der Waals surface area contributed by atoms with E-state index in [1.54, 1.807) is 24.4 Å². The first-order chi connectivity index (χ1) is 13.5. The van der Waals surface area contributed by atoms with Gasteiger partial charge in [-0.2, -0.15) is 4.39 Å². The van der Waals surface area contributed by atoms with Gasteiger partial charge in [-0.15, -0.1) is 0 Å². The van der Waals surface area contributed by atoms with E-state index in [-0.39, 0.29) is 5.92 Å². The van der Waals surface area contributed by atoms with Crippen LogP contribution in [-0.4, -0.2) is 41.6 Å². The monoisotopic (exact) mass is 395 g/mol. The lowest BCUT2D eigenvalue weighted by molar-refractivity contribution is 0.325. The molecule has 0 radical (unpaired) electrons. The average molecular weight is 395 g/mol. The zero-order valence-electron chi connectivity index (χ0n) is 15.0. The fraction of sp³-hybridized carbons (Fsp3) is 0.238. The Bertz CT molecular complexity index is 1130. The molecule has 2 atom stereocenters. The van der Waals surface area contributed by atoms with E-state index in [2.05, 4.69) is 14.9 Å². The highest BCUT2D eigenvalue weighted by Gasteiger charge is 2.50. The zero-order chi connectivity index (χ0) is 19.3. The van der Waals surface area contributed by atoms with Gasteiger partial charge in [0.15, 0.2) is 9.84 Å². The molecule has 142 valence electrons. The van der Waals surface area contributed by atoms with Gasteiger partial charge in [-0.1, -0.05) is 12.1 Å². The molecule has 0 aliphatic carbocycles. The molecule has 2 aliphatic heterocycles. The first-order valence-electron chi connectivity index (χ1n) is 9.13. The third-order valence-corrected chi connectivity index (χ3v) is 7.91. The summed E-state index contributed by atoms with van der Waals surface area (Å²) in [5, 5.41) is -0.416. The van der Waals surface area contributed by atoms with Gasteiger partial charge in [0, 0.05) is 49.7 Å². The maximum Gasteiger partial charge on any atom is 0.212 e. The molecule has 28 heavy (non-hydrogen) atoms. The van der Waals surface area contributed by atoms with Gasteiger partial charge < -0.3 is 0 Å². The molecule has 4 heterocycles. The van der Waals surface area contributed by atoms with E-state index in [4.69, 9.17) is 0 Å². The molecule has 0 bridgehead atoms. The quantitative estimate of drug-likeness (QED) is 0.638. The van der Waals surface area contributed by atoms with Gasteiger partial charge in [0.05, 0.1) is 10.1 Å². The molecule has 1 saturated heterocycles. The molecule has 7 heteroatoms. The number of fused-ring (bicyclic) bond motifs is 3. The second kappa shape index (κ2) is 6.46. The van der Waals surface area contributed by atoms with Crippen LogP contribution in [0.2, 0.25) is 0 Å². The van der Waals surface area contributed by atoms with Crippen molar-refractivity contribution in [2.75, 3.05) is 13.1 Å². The molecule has 0 unspecified atom stereocenters. The summed E-state index contributed by atoms with van der Waals surface area (Å²) in [7, 11) is -3.35. The minimum absolute atomic E-state index is 0.0509. The molecule has 0 spiro atoms. The van der Waals surface area contributed by atoms with Gasteiger partial charge in [0.1, 0.15) is 0 Å². The molecule has 0 amide bonds. The molecule has 2 aromatic heterocycles. The maximum absolute atomic E-state index is 13.1. The molecule has 2 aliphatic rings. The highest BCUT2D eigenvalue weighted by molar-refractivity contribution is 7.92. The van der Waals surface area contributed by atoms with Crippen LogP contribution in [-0.2, 0) is 16.4 Å². The molecular weight excluding hydrogens is 377 g/mol. The van der Waals surface area contributed by atoms with E-state index in [1.807, 2.05) is 24.4 Å². The number of nitrogens with zero attached hydrogens (tertiary/aromatic N) is 3. The van der Waals surface area contributed by atoms with Gasteiger partial charge in [-0.25, -0.2) is 13.4 Å². The van der Waals surface area contributed by atoms with E-state index in [1.165, 1.54) is 12.3 Å². The lowest BCUT2D eigenvalue weighted by atomic mass is 9.95. The van der Waals surface area contributed by atoms with Crippen molar-refractivity contribution in [3.63, 3.8) is 0 Å². The van der Waals surface area contributed by atoms with Crippen molar-refractivity contribution < 1.29 is 12.8 Å². The summed E-state index contributed by atoms with van der Waals surface area (Å²) in [6.07, 6.45) is 5.02. The fourth-order valence-corrected chi connectivity index (χ4v) is 6.53. The molecule has 0 saturated carbocycles. The smallest absolute Gasteiger partial charge is 0.212 e. The molecule has 1 aromatic carbocycles. The van der Waals surface area contributed by atoms with Crippen LogP contribution >= 0.6 is 0 Å². The topological polar surface area (TPSA) is 63.2 Å². The summed E-state index contributed by atoms with van der Waals surface area (Å²) in [5.41, 5.74) is 3.56. The Morgan fingerprint density at radius 3 is 2.68 bits per heavy atom. The first-order valence-corrected chi connectivity index (χ1v) is 10.7. The molecule has 3 aromatic rings.